The van der Waals surface area contributed by atoms with Crippen LogP contribution in [-0.2, 0) is 86.4 Å². The number of imide groups is 1. The molecular formula is C63H94N8O20S7. The number of aromatic nitrogens is 3. The molecule has 0 radical (unpaired) electrons. The topological polar surface area (TPSA) is 318 Å². The zero-order chi connectivity index (χ0) is 74.7. The molecule has 3 unspecified atom stereocenters. The van der Waals surface area contributed by atoms with Crippen LogP contribution in [0.4, 0.5) is 14.4 Å². The first-order chi connectivity index (χ1) is 46.3. The van der Waals surface area contributed by atoms with Gasteiger partial charge < -0.3 is 33.2 Å². The summed E-state index contributed by atoms with van der Waals surface area (Å²) in [6, 6.07) is -1.52. The van der Waals surface area contributed by atoms with E-state index in [-0.39, 0.29) is 181 Å². The van der Waals surface area contributed by atoms with Gasteiger partial charge in [0.05, 0.1) is 84.2 Å². The first-order valence-corrected chi connectivity index (χ1v) is 34.5. The summed E-state index contributed by atoms with van der Waals surface area (Å²) in [6.07, 6.45) is 8.79. The Kier molecular flexibility index (Phi) is 46.8. The molecule has 0 bridgehead atoms. The Morgan fingerprint density at radius 2 is 0.643 bits per heavy atom. The lowest BCUT2D eigenvalue weighted by Gasteiger charge is -2.42. The summed E-state index contributed by atoms with van der Waals surface area (Å²) in [7, 11) is 0. The fraction of sp³-hybridized carbons (Fsp3) is 0.540. The maximum absolute atomic E-state index is 13.0. The molecule has 0 aromatic carbocycles. The molecule has 2 fully saturated rings. The largest absolute Gasteiger partial charge is 0.465 e. The zero-order valence-corrected chi connectivity index (χ0v) is 62.0. The van der Waals surface area contributed by atoms with Crippen molar-refractivity contribution in [2.24, 2.45) is 5.41 Å². The molecule has 28 nitrogen and oxygen atoms in total. The van der Waals surface area contributed by atoms with Gasteiger partial charge in [0.1, 0.15) is 57.5 Å². The molecule has 3 heterocycles. The quantitative estimate of drug-likeness (QED) is 0.0170. The lowest BCUT2D eigenvalue weighted by molar-refractivity contribution is -0.170. The zero-order valence-electron chi connectivity index (χ0n) is 55.7. The van der Waals surface area contributed by atoms with Gasteiger partial charge in [-0.3, -0.25) is 53.2 Å². The number of allylic oxidation sites excluding steroid dienone is 3. The van der Waals surface area contributed by atoms with Crippen LogP contribution in [-0.4, -0.2) is 216 Å². The Morgan fingerprint density at radius 1 is 0.398 bits per heavy atom. The van der Waals surface area contributed by atoms with Gasteiger partial charge in [-0.2, -0.15) is 88.4 Å². The standard InChI is InChI=1S/C22H35N3O8S3.C17H28O8S4.C12H15N3O3.C12H16N2O/c1-14(34)11-18(26)31-8-5-23-17(4)24(6-9-32-19(27)12-15(2)35)22(30)25(21(23)29)7-10-33-20(28)13-16(3)36;18-13(1-5-26)22-9-17(10-23-14(19)2-6-27,11-24-15(20)3-7-28)12-25-16(21)4-8-29;1-4-7-13-10(16)14(8-5-2)12(18)15(9-6-3)11(13)17;1-5-7-13-10(3)9-11(4)14(8-6-2)12(13)15/h14-16,34-36H,4-13H2,1-3H3;26-29H,1-12H2;4-6H,1-3,7-9H2;5-6H,1-4,7-9H2. The average Bonchev–Trinajstić information content (AvgIpc) is 0.798. The van der Waals surface area contributed by atoms with E-state index in [9.17, 15) is 62.3 Å². The predicted molar refractivity (Wildman–Crippen MR) is 394 cm³/mol. The molecule has 0 saturated carbocycles. The number of amides is 6. The average molecular weight is 1510 g/mol. The highest BCUT2D eigenvalue weighted by atomic mass is 32.1. The van der Waals surface area contributed by atoms with Gasteiger partial charge in [0.2, 0.25) is 0 Å². The predicted octanol–water partition coefficient (Wildman–Crippen LogP) is 6.04. The third kappa shape index (κ3) is 34.2. The molecule has 35 heteroatoms. The molecule has 2 aliphatic rings. The summed E-state index contributed by atoms with van der Waals surface area (Å²) in [6.45, 7) is 33.6. The van der Waals surface area contributed by atoms with Crippen molar-refractivity contribution < 1.29 is 81.1 Å². The van der Waals surface area contributed by atoms with E-state index in [0.29, 0.717) is 19.5 Å². The van der Waals surface area contributed by atoms with E-state index in [2.05, 4.69) is 141 Å². The normalized spacial score (nSPS) is 13.7. The molecule has 98 heavy (non-hydrogen) atoms. The molecule has 3 atom stereocenters. The fourth-order valence-corrected chi connectivity index (χ4v) is 9.10. The van der Waals surface area contributed by atoms with Gasteiger partial charge in [0.15, 0.2) is 0 Å². The lowest BCUT2D eigenvalue weighted by Crippen LogP contribution is -2.60. The minimum atomic E-state index is -1.25. The minimum absolute atomic E-state index is 0.0411. The Balaban J connectivity index is 0.00000135. The summed E-state index contributed by atoms with van der Waals surface area (Å²) in [5.74, 6) is -2.41. The monoisotopic (exact) mass is 1510 g/mol. The van der Waals surface area contributed by atoms with Gasteiger partial charge in [-0.1, -0.05) is 70.9 Å². The Labute approximate surface area is 610 Å². The fourth-order valence-electron chi connectivity index (χ4n) is 7.92. The van der Waals surface area contributed by atoms with Crippen molar-refractivity contribution in [3.8, 4) is 0 Å². The van der Waals surface area contributed by atoms with E-state index in [1.807, 2.05) is 0 Å². The second kappa shape index (κ2) is 50.4. The molecule has 0 spiro atoms. The van der Waals surface area contributed by atoms with Gasteiger partial charge in [0.25, 0.3) is 0 Å². The molecule has 2 saturated heterocycles. The summed E-state index contributed by atoms with van der Waals surface area (Å²) < 4.78 is 39.1. The highest BCUT2D eigenvalue weighted by molar-refractivity contribution is 7.81. The molecule has 0 N–H and O–H groups in total. The molecule has 1 aromatic rings. The molecular weight excluding hydrogens is 1410 g/mol. The van der Waals surface area contributed by atoms with Crippen molar-refractivity contribution in [2.75, 3.05) is 102 Å². The third-order valence-corrected chi connectivity index (χ3v) is 14.1. The molecule has 6 amide bonds. The first-order valence-electron chi connectivity index (χ1n) is 30.4. The second-order valence-electron chi connectivity index (χ2n) is 21.2. The van der Waals surface area contributed by atoms with Gasteiger partial charge in [-0.15, -0.1) is 32.9 Å². The van der Waals surface area contributed by atoms with Crippen LogP contribution in [0.5, 0.6) is 0 Å². The summed E-state index contributed by atoms with van der Waals surface area (Å²) in [5.41, 5.74) is -1.70. The molecule has 0 aliphatic carbocycles. The van der Waals surface area contributed by atoms with Crippen molar-refractivity contribution in [1.82, 2.24) is 38.2 Å². The first kappa shape index (κ1) is 91.1. The Hall–Kier alpha value is -6.92. The summed E-state index contributed by atoms with van der Waals surface area (Å²) in [5, 5.41) is -0.574. The highest BCUT2D eigenvalue weighted by Gasteiger charge is 2.41. The smallest absolute Gasteiger partial charge is 0.336 e. The number of carbonyl (C=O) groups is 10. The number of ether oxygens (including phenoxy) is 7. The van der Waals surface area contributed by atoms with Crippen molar-refractivity contribution >= 4 is 148 Å². The van der Waals surface area contributed by atoms with Crippen LogP contribution in [0.2, 0.25) is 0 Å². The van der Waals surface area contributed by atoms with Crippen LogP contribution >= 0.6 is 88.4 Å². The second-order valence-corrected chi connectivity index (χ2v) is 25.7. The molecule has 548 valence electrons. The number of esters is 7. The van der Waals surface area contributed by atoms with Gasteiger partial charge in [-0.25, -0.2) is 47.4 Å². The van der Waals surface area contributed by atoms with Crippen molar-refractivity contribution in [2.45, 2.75) is 108 Å². The third-order valence-electron chi connectivity index (χ3n) is 12.7. The number of hydrogen-bond donors (Lipinski definition) is 7. The highest BCUT2D eigenvalue weighted by Crippen LogP contribution is 2.26. The van der Waals surface area contributed by atoms with Gasteiger partial charge >= 0.3 is 76.9 Å². The molecule has 1 aromatic heterocycles. The number of carbonyl (C=O) groups excluding carboxylic acids is 10. The van der Waals surface area contributed by atoms with E-state index in [1.165, 1.54) is 28.0 Å². The summed E-state index contributed by atoms with van der Waals surface area (Å²) in [4.78, 5) is 163. The maximum Gasteiger partial charge on any atom is 0.336 e. The van der Waals surface area contributed by atoms with E-state index in [0.717, 1.165) is 30.0 Å². The maximum atomic E-state index is 13.0. The number of rotatable bonds is 41. The van der Waals surface area contributed by atoms with Crippen LogP contribution in [0.15, 0.2) is 115 Å². The lowest BCUT2D eigenvalue weighted by atomic mass is 9.92. The van der Waals surface area contributed by atoms with Gasteiger partial charge in [-0.05, 0) is 0 Å². The van der Waals surface area contributed by atoms with Crippen molar-refractivity contribution in [3.63, 3.8) is 0 Å². The van der Waals surface area contributed by atoms with Crippen LogP contribution < -0.4 is 17.1 Å². The van der Waals surface area contributed by atoms with Crippen LogP contribution in [0.1, 0.15) is 72.1 Å². The number of urea groups is 3. The minimum Gasteiger partial charge on any atom is -0.465 e. The van der Waals surface area contributed by atoms with Crippen molar-refractivity contribution in [1.29, 1.82) is 0 Å². The SMILES string of the molecule is C=C1N(CCOC(=O)CC(C)S)C(=O)N(CCOC(=O)CC(C)S)C(=O)N1CCOC(=O)CC(C)S.C=CCN1C(=C)CC(=C)N(CC=C)C1=O.C=CCn1c(=O)n(CC=C)c(=O)n(CC=C)c1=O.O=C(CCS)OCC(COC(=O)CCS)(COC(=O)CCS)COC(=O)CCS. The molecule has 2 aliphatic heterocycles. The van der Waals surface area contributed by atoms with E-state index < -0.39 is 76.3 Å². The number of thiol groups is 7. The van der Waals surface area contributed by atoms with Crippen molar-refractivity contribution in [3.05, 3.63) is 132 Å². The number of nitrogens with zero attached hydrogens (tertiary/aromatic N) is 8. The summed E-state index contributed by atoms with van der Waals surface area (Å²) >= 11 is 28.3. The van der Waals surface area contributed by atoms with Crippen LogP contribution in [0.25, 0.3) is 0 Å². The van der Waals surface area contributed by atoms with Gasteiger partial charge in [0, 0.05) is 69.7 Å². The van der Waals surface area contributed by atoms with Crippen LogP contribution in [0, 0.1) is 5.41 Å². The Morgan fingerprint density at radius 3 is 0.878 bits per heavy atom. The Bertz CT molecular complexity index is 2770. The molecule has 3 rings (SSSR count). The van der Waals surface area contributed by atoms with Crippen LogP contribution in [0.3, 0.4) is 0 Å². The van der Waals surface area contributed by atoms with E-state index in [4.69, 9.17) is 33.2 Å². The van der Waals surface area contributed by atoms with E-state index in [1.54, 1.807) is 42.7 Å². The van der Waals surface area contributed by atoms with E-state index >= 15 is 0 Å². The number of hydrogen-bond acceptors (Lipinski definition) is 27.